The van der Waals surface area contributed by atoms with Crippen LogP contribution in [0.3, 0.4) is 0 Å². The highest BCUT2D eigenvalue weighted by Crippen LogP contribution is 2.35. The lowest BCUT2D eigenvalue weighted by molar-refractivity contribution is -0.122. The second-order valence-electron chi connectivity index (χ2n) is 6.46. The Kier molecular flexibility index (Phi) is 5.52. The van der Waals surface area contributed by atoms with Crippen LogP contribution in [0.2, 0.25) is 0 Å². The Morgan fingerprint density at radius 1 is 1.23 bits per heavy atom. The van der Waals surface area contributed by atoms with Gasteiger partial charge in [-0.1, -0.05) is 13.8 Å². The minimum Gasteiger partial charge on any atom is -0.497 e. The van der Waals surface area contributed by atoms with Crippen molar-refractivity contribution in [3.8, 4) is 5.75 Å². The predicted octanol–water partition coefficient (Wildman–Crippen LogP) is 4.86. The molecule has 136 valence electrons. The van der Waals surface area contributed by atoms with E-state index in [1.165, 1.54) is 11.8 Å². The molecule has 1 aliphatic heterocycles. The number of hydrogen-bond donors (Lipinski definition) is 0. The highest BCUT2D eigenvalue weighted by atomic mass is 32.2. The molecule has 26 heavy (non-hydrogen) atoms. The predicted molar refractivity (Wildman–Crippen MR) is 106 cm³/mol. The standard InChI is InChI=1S/C20H22N2O3S/c1-13(2)12-22-19(23)18(11-17-8-5-14(3)25-17)26-20(22)21-15-6-9-16(24-4)10-7-15/h5-11,13H,12H2,1-4H3/b18-11+,21-20?. The Morgan fingerprint density at radius 2 is 1.96 bits per heavy atom. The number of benzene rings is 1. The lowest BCUT2D eigenvalue weighted by Gasteiger charge is -2.17. The maximum atomic E-state index is 12.8. The molecule has 1 saturated heterocycles. The number of amidine groups is 1. The summed E-state index contributed by atoms with van der Waals surface area (Å²) in [5.74, 6) is 2.57. The Bertz CT molecular complexity index is 850. The number of carbonyl (C=O) groups excluding carboxylic acids is 1. The summed E-state index contributed by atoms with van der Waals surface area (Å²) >= 11 is 1.37. The molecule has 6 heteroatoms. The number of hydrogen-bond acceptors (Lipinski definition) is 5. The Labute approximate surface area is 157 Å². The van der Waals surface area contributed by atoms with E-state index in [2.05, 4.69) is 18.8 Å². The van der Waals surface area contributed by atoms with Crippen molar-refractivity contribution in [3.05, 3.63) is 52.8 Å². The number of carbonyl (C=O) groups is 1. The molecule has 0 N–H and O–H groups in total. The van der Waals surface area contributed by atoms with E-state index in [1.54, 1.807) is 18.1 Å². The fraction of sp³-hybridized carbons (Fsp3) is 0.300. The summed E-state index contributed by atoms with van der Waals surface area (Å²) in [7, 11) is 1.63. The van der Waals surface area contributed by atoms with Gasteiger partial charge in [0, 0.05) is 12.6 Å². The van der Waals surface area contributed by atoms with Crippen LogP contribution in [-0.2, 0) is 4.79 Å². The second-order valence-corrected chi connectivity index (χ2v) is 7.47. The molecule has 0 saturated carbocycles. The maximum absolute atomic E-state index is 12.8. The van der Waals surface area contributed by atoms with Gasteiger partial charge in [-0.25, -0.2) is 4.99 Å². The van der Waals surface area contributed by atoms with Crippen LogP contribution in [0.15, 0.2) is 50.7 Å². The van der Waals surface area contributed by atoms with Crippen molar-refractivity contribution < 1.29 is 13.9 Å². The third-order valence-electron chi connectivity index (χ3n) is 3.77. The van der Waals surface area contributed by atoms with Gasteiger partial charge in [0.2, 0.25) is 0 Å². The molecule has 1 fully saturated rings. The molecule has 2 aromatic rings. The first-order valence-electron chi connectivity index (χ1n) is 8.47. The van der Waals surface area contributed by atoms with E-state index in [0.717, 1.165) is 17.2 Å². The summed E-state index contributed by atoms with van der Waals surface area (Å²) in [6.07, 6.45) is 1.78. The topological polar surface area (TPSA) is 55.0 Å². The van der Waals surface area contributed by atoms with E-state index in [1.807, 2.05) is 43.3 Å². The largest absolute Gasteiger partial charge is 0.497 e. The Balaban J connectivity index is 1.92. The zero-order valence-electron chi connectivity index (χ0n) is 15.4. The minimum absolute atomic E-state index is 0.0370. The molecular formula is C20H22N2O3S. The monoisotopic (exact) mass is 370 g/mol. The summed E-state index contributed by atoms with van der Waals surface area (Å²) in [5, 5.41) is 0.684. The highest BCUT2D eigenvalue weighted by molar-refractivity contribution is 8.18. The van der Waals surface area contributed by atoms with Crippen molar-refractivity contribution in [1.82, 2.24) is 4.90 Å². The number of amides is 1. The first-order valence-corrected chi connectivity index (χ1v) is 9.28. The van der Waals surface area contributed by atoms with Crippen LogP contribution in [0.25, 0.3) is 6.08 Å². The second kappa shape index (κ2) is 7.83. The molecule has 3 rings (SSSR count). The van der Waals surface area contributed by atoms with Crippen LogP contribution in [-0.4, -0.2) is 29.6 Å². The van der Waals surface area contributed by atoms with Crippen molar-refractivity contribution in [2.75, 3.05) is 13.7 Å². The van der Waals surface area contributed by atoms with Gasteiger partial charge in [-0.05, 0) is 61.0 Å². The molecule has 0 atom stereocenters. The molecule has 0 bridgehead atoms. The van der Waals surface area contributed by atoms with Gasteiger partial charge in [-0.2, -0.15) is 0 Å². The number of methoxy groups -OCH3 is 1. The summed E-state index contributed by atoms with van der Waals surface area (Å²) in [4.78, 5) is 19.9. The number of rotatable bonds is 5. The van der Waals surface area contributed by atoms with Crippen molar-refractivity contribution in [3.63, 3.8) is 0 Å². The van der Waals surface area contributed by atoms with E-state index >= 15 is 0 Å². The maximum Gasteiger partial charge on any atom is 0.266 e. The third kappa shape index (κ3) is 4.19. The van der Waals surface area contributed by atoms with E-state index in [9.17, 15) is 4.79 Å². The van der Waals surface area contributed by atoms with Gasteiger partial charge in [0.15, 0.2) is 5.17 Å². The van der Waals surface area contributed by atoms with Crippen molar-refractivity contribution in [2.24, 2.45) is 10.9 Å². The van der Waals surface area contributed by atoms with Crippen LogP contribution in [0.1, 0.15) is 25.4 Å². The number of furan rings is 1. The lowest BCUT2D eigenvalue weighted by atomic mass is 10.2. The first kappa shape index (κ1) is 18.3. The average molecular weight is 370 g/mol. The molecule has 1 aromatic carbocycles. The van der Waals surface area contributed by atoms with E-state index < -0.39 is 0 Å². The lowest BCUT2D eigenvalue weighted by Crippen LogP contribution is -2.32. The van der Waals surface area contributed by atoms with Gasteiger partial charge >= 0.3 is 0 Å². The van der Waals surface area contributed by atoms with Gasteiger partial charge in [0.1, 0.15) is 17.3 Å². The quantitative estimate of drug-likeness (QED) is 0.706. The fourth-order valence-corrected chi connectivity index (χ4v) is 3.53. The summed E-state index contributed by atoms with van der Waals surface area (Å²) in [6, 6.07) is 11.2. The van der Waals surface area contributed by atoms with Crippen LogP contribution < -0.4 is 4.74 Å². The number of nitrogens with zero attached hydrogens (tertiary/aromatic N) is 2. The van der Waals surface area contributed by atoms with Gasteiger partial charge in [-0.15, -0.1) is 0 Å². The highest BCUT2D eigenvalue weighted by Gasteiger charge is 2.34. The van der Waals surface area contributed by atoms with Gasteiger partial charge < -0.3 is 9.15 Å². The molecule has 1 amide bonds. The number of aryl methyl sites for hydroxylation is 1. The normalized spacial score (nSPS) is 17.7. The number of ether oxygens (including phenoxy) is 1. The third-order valence-corrected chi connectivity index (χ3v) is 4.77. The Morgan fingerprint density at radius 3 is 2.54 bits per heavy atom. The van der Waals surface area contributed by atoms with Crippen LogP contribution in [0.5, 0.6) is 5.75 Å². The zero-order chi connectivity index (χ0) is 18.7. The molecule has 0 spiro atoms. The number of aliphatic imine (C=N–C) groups is 1. The Hall–Kier alpha value is -2.47. The first-order chi connectivity index (χ1) is 12.5. The molecule has 1 aliphatic rings. The van der Waals surface area contributed by atoms with Crippen LogP contribution >= 0.6 is 11.8 Å². The van der Waals surface area contributed by atoms with Crippen LogP contribution in [0, 0.1) is 12.8 Å². The molecule has 1 aromatic heterocycles. The molecule has 0 radical (unpaired) electrons. The molecule has 0 aliphatic carbocycles. The molecule has 0 unspecified atom stereocenters. The SMILES string of the molecule is COc1ccc(N=C2S/C(=C/c3ccc(C)o3)C(=O)N2CC(C)C)cc1. The van der Waals surface area contributed by atoms with E-state index in [-0.39, 0.29) is 5.91 Å². The van der Waals surface area contributed by atoms with E-state index in [4.69, 9.17) is 9.15 Å². The summed E-state index contributed by atoms with van der Waals surface area (Å²) < 4.78 is 10.8. The van der Waals surface area contributed by atoms with Gasteiger partial charge in [-0.3, -0.25) is 9.69 Å². The zero-order valence-corrected chi connectivity index (χ0v) is 16.2. The van der Waals surface area contributed by atoms with Crippen LogP contribution in [0.4, 0.5) is 5.69 Å². The average Bonchev–Trinajstić information content (AvgIpc) is 3.14. The fourth-order valence-electron chi connectivity index (χ4n) is 2.54. The van der Waals surface area contributed by atoms with Crippen molar-refractivity contribution in [1.29, 1.82) is 0 Å². The number of thioether (sulfide) groups is 1. The van der Waals surface area contributed by atoms with Gasteiger partial charge in [0.05, 0.1) is 17.7 Å². The van der Waals surface area contributed by atoms with Gasteiger partial charge in [0.25, 0.3) is 5.91 Å². The smallest absolute Gasteiger partial charge is 0.266 e. The summed E-state index contributed by atoms with van der Waals surface area (Å²) in [5.41, 5.74) is 0.782. The summed E-state index contributed by atoms with van der Waals surface area (Å²) in [6.45, 7) is 6.67. The molecule has 2 heterocycles. The van der Waals surface area contributed by atoms with Crippen molar-refractivity contribution >= 4 is 34.6 Å². The van der Waals surface area contributed by atoms with Crippen molar-refractivity contribution in [2.45, 2.75) is 20.8 Å². The minimum atomic E-state index is -0.0370. The molecule has 5 nitrogen and oxygen atoms in total. The molecular weight excluding hydrogens is 348 g/mol. The van der Waals surface area contributed by atoms with E-state index in [0.29, 0.717) is 28.3 Å².